The highest BCUT2D eigenvalue weighted by atomic mass is 35.5. The van der Waals surface area contributed by atoms with E-state index in [0.29, 0.717) is 17.5 Å². The van der Waals surface area contributed by atoms with Crippen molar-refractivity contribution in [3.05, 3.63) is 63.4 Å². The predicted octanol–water partition coefficient (Wildman–Crippen LogP) is 4.12. The molecule has 1 aromatic carbocycles. The Bertz CT molecular complexity index is 715. The van der Waals surface area contributed by atoms with Crippen LogP contribution in [0.3, 0.4) is 0 Å². The first-order chi connectivity index (χ1) is 10.2. The monoisotopic (exact) mass is 337 g/mol. The van der Waals surface area contributed by atoms with E-state index >= 15 is 0 Å². The van der Waals surface area contributed by atoms with E-state index < -0.39 is 0 Å². The average Bonchev–Trinajstić information content (AvgIpc) is 3.17. The maximum Gasteiger partial charge on any atom is 0.249 e. The molecule has 0 saturated heterocycles. The molecule has 0 saturated carbocycles. The Kier molecular flexibility index (Phi) is 4.60. The van der Waals surface area contributed by atoms with Crippen LogP contribution >= 0.6 is 34.7 Å². The first kappa shape index (κ1) is 14.6. The van der Waals surface area contributed by atoms with E-state index in [2.05, 4.69) is 10.1 Å². The van der Waals surface area contributed by atoms with Gasteiger partial charge in [0.25, 0.3) is 0 Å². The number of hydrogen-bond acceptors (Lipinski definition) is 6. The van der Waals surface area contributed by atoms with Gasteiger partial charge in [-0.3, -0.25) is 0 Å². The fourth-order valence-electron chi connectivity index (χ4n) is 1.75. The zero-order valence-electron chi connectivity index (χ0n) is 10.9. The second kappa shape index (κ2) is 6.62. The third kappa shape index (κ3) is 3.47. The summed E-state index contributed by atoms with van der Waals surface area (Å²) in [4.78, 5) is 6.35. The van der Waals surface area contributed by atoms with E-state index in [1.54, 1.807) is 23.1 Å². The molecule has 7 heteroatoms. The summed E-state index contributed by atoms with van der Waals surface area (Å²) in [5.41, 5.74) is 6.09. The Labute approximate surface area is 135 Å². The van der Waals surface area contributed by atoms with Crippen molar-refractivity contribution in [3.63, 3.8) is 0 Å². The maximum atomic E-state index is 6.11. The molecule has 0 bridgehead atoms. The first-order valence-electron chi connectivity index (χ1n) is 6.23. The molecule has 0 aliphatic heterocycles. The van der Waals surface area contributed by atoms with E-state index in [4.69, 9.17) is 21.9 Å². The van der Waals surface area contributed by atoms with Crippen molar-refractivity contribution >= 4 is 34.7 Å². The molecule has 0 spiro atoms. The Balaban J connectivity index is 1.67. The summed E-state index contributed by atoms with van der Waals surface area (Å²) in [6.07, 6.45) is 0. The van der Waals surface area contributed by atoms with Crippen molar-refractivity contribution in [3.8, 4) is 0 Å². The van der Waals surface area contributed by atoms with Crippen LogP contribution in [0.4, 0.5) is 0 Å². The zero-order chi connectivity index (χ0) is 14.7. The third-order valence-corrected chi connectivity index (χ3v) is 5.26. The summed E-state index contributed by atoms with van der Waals surface area (Å²) in [5.74, 6) is 1.64. The molecule has 2 aromatic heterocycles. The minimum atomic E-state index is -0.364. The average molecular weight is 338 g/mol. The van der Waals surface area contributed by atoms with Crippen molar-refractivity contribution in [1.82, 2.24) is 10.1 Å². The van der Waals surface area contributed by atoms with Gasteiger partial charge >= 0.3 is 0 Å². The predicted molar refractivity (Wildman–Crippen MR) is 85.7 cm³/mol. The van der Waals surface area contributed by atoms with Crippen molar-refractivity contribution in [2.24, 2.45) is 5.73 Å². The number of nitrogens with zero attached hydrogens (tertiary/aromatic N) is 2. The molecule has 21 heavy (non-hydrogen) atoms. The highest BCUT2D eigenvalue weighted by Crippen LogP contribution is 2.29. The second-order valence-electron chi connectivity index (χ2n) is 4.26. The van der Waals surface area contributed by atoms with Gasteiger partial charge in [0.05, 0.1) is 10.8 Å². The standard InChI is InChI=1S/C14H12ClN3OS2/c15-9-4-1-2-5-10(9)21-8-12-17-14(19-18-12)13(16)11-6-3-7-20-11/h1-7,13H,8,16H2. The number of thiophene rings is 1. The smallest absolute Gasteiger partial charge is 0.249 e. The first-order valence-corrected chi connectivity index (χ1v) is 8.47. The number of benzene rings is 1. The van der Waals surface area contributed by atoms with Crippen LogP contribution in [0.5, 0.6) is 0 Å². The highest BCUT2D eigenvalue weighted by molar-refractivity contribution is 7.98. The van der Waals surface area contributed by atoms with E-state index in [9.17, 15) is 0 Å². The summed E-state index contributed by atoms with van der Waals surface area (Å²) in [7, 11) is 0. The van der Waals surface area contributed by atoms with Gasteiger partial charge in [-0.15, -0.1) is 23.1 Å². The van der Waals surface area contributed by atoms with E-state index in [1.807, 2.05) is 41.8 Å². The molecule has 108 valence electrons. The quantitative estimate of drug-likeness (QED) is 0.709. The molecule has 3 aromatic rings. The van der Waals surface area contributed by atoms with Gasteiger partial charge in [0.15, 0.2) is 5.82 Å². The summed E-state index contributed by atoms with van der Waals surface area (Å²) >= 11 is 9.25. The van der Waals surface area contributed by atoms with Crippen LogP contribution in [0, 0.1) is 0 Å². The lowest BCUT2D eigenvalue weighted by atomic mass is 10.2. The molecule has 0 aliphatic carbocycles. The van der Waals surface area contributed by atoms with Crippen molar-refractivity contribution in [1.29, 1.82) is 0 Å². The van der Waals surface area contributed by atoms with Crippen LogP contribution in [0.2, 0.25) is 5.02 Å². The molecule has 3 rings (SSSR count). The molecule has 0 aliphatic rings. The van der Waals surface area contributed by atoms with Crippen molar-refractivity contribution < 1.29 is 4.52 Å². The van der Waals surface area contributed by atoms with Crippen molar-refractivity contribution in [2.75, 3.05) is 0 Å². The van der Waals surface area contributed by atoms with E-state index in [-0.39, 0.29) is 6.04 Å². The Morgan fingerprint density at radius 2 is 2.14 bits per heavy atom. The number of halogens is 1. The Morgan fingerprint density at radius 1 is 1.29 bits per heavy atom. The Morgan fingerprint density at radius 3 is 2.90 bits per heavy atom. The van der Waals surface area contributed by atoms with Crippen molar-refractivity contribution in [2.45, 2.75) is 16.7 Å². The van der Waals surface area contributed by atoms with Crippen LogP contribution in [-0.4, -0.2) is 10.1 Å². The Hall–Kier alpha value is -1.34. The van der Waals surface area contributed by atoms with Gasteiger partial charge in [-0.2, -0.15) is 4.98 Å². The normalized spacial score (nSPS) is 12.5. The highest BCUT2D eigenvalue weighted by Gasteiger charge is 2.17. The second-order valence-corrected chi connectivity index (χ2v) is 6.66. The molecular formula is C14H12ClN3OS2. The van der Waals surface area contributed by atoms with Gasteiger partial charge in [0.2, 0.25) is 5.89 Å². The summed E-state index contributed by atoms with van der Waals surface area (Å²) in [6.45, 7) is 0. The molecule has 1 unspecified atom stereocenters. The topological polar surface area (TPSA) is 64.9 Å². The van der Waals surface area contributed by atoms with E-state index in [1.165, 1.54) is 0 Å². The minimum absolute atomic E-state index is 0.364. The molecule has 4 nitrogen and oxygen atoms in total. The third-order valence-electron chi connectivity index (χ3n) is 2.79. The minimum Gasteiger partial charge on any atom is -0.337 e. The van der Waals surface area contributed by atoms with Crippen LogP contribution in [0.25, 0.3) is 0 Å². The summed E-state index contributed by atoms with van der Waals surface area (Å²) in [5, 5.41) is 6.66. The summed E-state index contributed by atoms with van der Waals surface area (Å²) in [6, 6.07) is 11.2. The van der Waals surface area contributed by atoms with Crippen LogP contribution in [0.15, 0.2) is 51.2 Å². The van der Waals surface area contributed by atoms with Crippen LogP contribution in [0.1, 0.15) is 22.6 Å². The number of hydrogen-bond donors (Lipinski definition) is 1. The molecule has 0 radical (unpaired) electrons. The molecular weight excluding hydrogens is 326 g/mol. The van der Waals surface area contributed by atoms with Gasteiger partial charge in [-0.1, -0.05) is 35.0 Å². The molecule has 1 atom stereocenters. The van der Waals surface area contributed by atoms with Gasteiger partial charge in [-0.05, 0) is 23.6 Å². The number of thioether (sulfide) groups is 1. The molecule has 2 heterocycles. The van der Waals surface area contributed by atoms with Gasteiger partial charge in [-0.25, -0.2) is 0 Å². The van der Waals surface area contributed by atoms with Crippen LogP contribution in [-0.2, 0) is 5.75 Å². The number of nitrogens with two attached hydrogens (primary N) is 1. The summed E-state index contributed by atoms with van der Waals surface area (Å²) < 4.78 is 5.24. The largest absolute Gasteiger partial charge is 0.337 e. The zero-order valence-corrected chi connectivity index (χ0v) is 13.3. The number of aromatic nitrogens is 2. The fraction of sp³-hybridized carbons (Fsp3) is 0.143. The van der Waals surface area contributed by atoms with Crippen LogP contribution < -0.4 is 5.73 Å². The lowest BCUT2D eigenvalue weighted by molar-refractivity contribution is 0.364. The lowest BCUT2D eigenvalue weighted by Crippen LogP contribution is -2.10. The lowest BCUT2D eigenvalue weighted by Gasteiger charge is -2.02. The van der Waals surface area contributed by atoms with Gasteiger partial charge < -0.3 is 10.3 Å². The maximum absolute atomic E-state index is 6.11. The molecule has 0 fully saturated rings. The SMILES string of the molecule is NC(c1nc(CSc2ccccc2Cl)no1)c1cccs1. The molecule has 2 N–H and O–H groups in total. The van der Waals surface area contributed by atoms with E-state index in [0.717, 1.165) is 14.8 Å². The number of rotatable bonds is 5. The molecule has 0 amide bonds. The van der Waals surface area contributed by atoms with Gasteiger partial charge in [0, 0.05) is 9.77 Å². The van der Waals surface area contributed by atoms with Gasteiger partial charge in [0.1, 0.15) is 6.04 Å². The fourth-order valence-corrected chi connectivity index (χ4v) is 3.55.